The summed E-state index contributed by atoms with van der Waals surface area (Å²) in [5.74, 6) is -0.325. The Morgan fingerprint density at radius 1 is 1.30 bits per heavy atom. The lowest BCUT2D eigenvalue weighted by molar-refractivity contribution is -0.137. The molecule has 0 bridgehead atoms. The van der Waals surface area contributed by atoms with Crippen LogP contribution in [0.3, 0.4) is 0 Å². The van der Waals surface area contributed by atoms with Crippen LogP contribution in [0.2, 0.25) is 0 Å². The number of imidazole rings is 1. The van der Waals surface area contributed by atoms with E-state index in [9.17, 15) is 9.59 Å². The summed E-state index contributed by atoms with van der Waals surface area (Å²) in [7, 11) is 0. The van der Waals surface area contributed by atoms with Gasteiger partial charge in [-0.1, -0.05) is 27.7 Å². The molecule has 1 saturated carbocycles. The van der Waals surface area contributed by atoms with Gasteiger partial charge in [-0.25, -0.2) is 4.98 Å². The van der Waals surface area contributed by atoms with Gasteiger partial charge in [0.25, 0.3) is 0 Å². The second-order valence-electron chi connectivity index (χ2n) is 8.19. The minimum Gasteiger partial charge on any atom is -0.480 e. The maximum atomic E-state index is 12.5. The molecule has 1 aromatic heterocycles. The minimum atomic E-state index is -0.925. The van der Waals surface area contributed by atoms with Crippen LogP contribution in [0, 0.1) is 16.7 Å². The maximum absolute atomic E-state index is 12.5. The molecule has 0 aromatic carbocycles. The molecule has 0 spiro atoms. The van der Waals surface area contributed by atoms with Gasteiger partial charge in [0.1, 0.15) is 12.4 Å². The zero-order chi connectivity index (χ0) is 17.3. The summed E-state index contributed by atoms with van der Waals surface area (Å²) in [6, 6.07) is 0. The van der Waals surface area contributed by atoms with Crippen molar-refractivity contribution in [3.8, 4) is 0 Å². The molecule has 1 heterocycles. The van der Waals surface area contributed by atoms with Crippen LogP contribution in [0.15, 0.2) is 12.4 Å². The highest BCUT2D eigenvalue weighted by atomic mass is 16.4. The van der Waals surface area contributed by atoms with Crippen molar-refractivity contribution in [2.75, 3.05) is 0 Å². The second kappa shape index (κ2) is 6.34. The number of nitrogens with zero attached hydrogens (tertiary/aromatic N) is 2. The molecule has 6 nitrogen and oxygen atoms in total. The van der Waals surface area contributed by atoms with Gasteiger partial charge in [0.05, 0.1) is 6.54 Å². The summed E-state index contributed by atoms with van der Waals surface area (Å²) in [6.07, 6.45) is 6.05. The fourth-order valence-electron chi connectivity index (χ4n) is 4.14. The molecule has 1 aromatic rings. The third-order valence-corrected chi connectivity index (χ3v) is 4.45. The van der Waals surface area contributed by atoms with Gasteiger partial charge in [0.2, 0.25) is 5.91 Å². The van der Waals surface area contributed by atoms with Crippen LogP contribution in [0.4, 0.5) is 0 Å². The van der Waals surface area contributed by atoms with Crippen molar-refractivity contribution in [1.29, 1.82) is 0 Å². The van der Waals surface area contributed by atoms with Crippen LogP contribution in [-0.2, 0) is 22.7 Å². The van der Waals surface area contributed by atoms with Crippen molar-refractivity contribution in [3.63, 3.8) is 0 Å². The molecule has 0 radical (unpaired) electrons. The molecule has 0 atom stereocenters. The van der Waals surface area contributed by atoms with Crippen molar-refractivity contribution >= 4 is 11.9 Å². The van der Waals surface area contributed by atoms with E-state index in [0.29, 0.717) is 5.82 Å². The van der Waals surface area contributed by atoms with E-state index < -0.39 is 5.97 Å². The molecule has 1 aliphatic carbocycles. The van der Waals surface area contributed by atoms with Crippen LogP contribution in [0.25, 0.3) is 0 Å². The lowest BCUT2D eigenvalue weighted by Crippen LogP contribution is -2.41. The first-order valence-electron chi connectivity index (χ1n) is 8.08. The van der Waals surface area contributed by atoms with Gasteiger partial charge in [-0.15, -0.1) is 0 Å². The van der Waals surface area contributed by atoms with Gasteiger partial charge in [0.15, 0.2) is 0 Å². The number of rotatable bonds is 5. The van der Waals surface area contributed by atoms with E-state index in [-0.39, 0.29) is 35.7 Å². The molecular formula is C17H27N3O3. The number of carboxylic acids is 1. The predicted molar refractivity (Wildman–Crippen MR) is 86.6 cm³/mol. The van der Waals surface area contributed by atoms with E-state index in [4.69, 9.17) is 5.11 Å². The maximum Gasteiger partial charge on any atom is 0.323 e. The van der Waals surface area contributed by atoms with Crippen molar-refractivity contribution in [2.45, 2.75) is 60.0 Å². The zero-order valence-corrected chi connectivity index (χ0v) is 14.4. The summed E-state index contributed by atoms with van der Waals surface area (Å²) < 4.78 is 1.54. The number of amides is 1. The van der Waals surface area contributed by atoms with Crippen LogP contribution in [0.5, 0.6) is 0 Å². The van der Waals surface area contributed by atoms with E-state index in [1.807, 2.05) is 0 Å². The van der Waals surface area contributed by atoms with E-state index in [1.165, 1.54) is 4.57 Å². The quantitative estimate of drug-likeness (QED) is 0.872. The smallest absolute Gasteiger partial charge is 0.323 e. The highest BCUT2D eigenvalue weighted by molar-refractivity contribution is 5.78. The molecule has 0 aliphatic heterocycles. The molecule has 2 rings (SSSR count). The average molecular weight is 321 g/mol. The van der Waals surface area contributed by atoms with Crippen molar-refractivity contribution < 1.29 is 14.7 Å². The van der Waals surface area contributed by atoms with Crippen LogP contribution in [-0.4, -0.2) is 26.5 Å². The van der Waals surface area contributed by atoms with Gasteiger partial charge in [-0.05, 0) is 30.1 Å². The Kier molecular flexibility index (Phi) is 4.82. The molecule has 128 valence electrons. The number of carboxylic acid groups (broad SMARTS) is 1. The highest BCUT2D eigenvalue weighted by Gasteiger charge is 2.41. The number of nitrogens with one attached hydrogen (secondary N) is 1. The van der Waals surface area contributed by atoms with Gasteiger partial charge in [0, 0.05) is 18.3 Å². The summed E-state index contributed by atoms with van der Waals surface area (Å²) in [4.78, 5) is 27.5. The lowest BCUT2D eigenvalue weighted by Gasteiger charge is -2.44. The van der Waals surface area contributed by atoms with Gasteiger partial charge in [-0.3, -0.25) is 9.59 Å². The summed E-state index contributed by atoms with van der Waals surface area (Å²) in [5.41, 5.74) is 0.317. The Bertz CT molecular complexity index is 574. The SMILES string of the molecule is CC1(C)CC(C(=O)NCc2nccn2CC(=O)O)CC(C)(C)C1. The fourth-order valence-corrected chi connectivity index (χ4v) is 4.14. The summed E-state index contributed by atoms with van der Waals surface area (Å²) >= 11 is 0. The summed E-state index contributed by atoms with van der Waals surface area (Å²) in [5, 5.41) is 11.8. The number of carbonyl (C=O) groups excluding carboxylic acids is 1. The fraction of sp³-hybridized carbons (Fsp3) is 0.706. The van der Waals surface area contributed by atoms with Crippen LogP contribution in [0.1, 0.15) is 52.8 Å². The average Bonchev–Trinajstić information content (AvgIpc) is 2.78. The van der Waals surface area contributed by atoms with Gasteiger partial charge >= 0.3 is 5.97 Å². The summed E-state index contributed by atoms with van der Waals surface area (Å²) in [6.45, 7) is 8.98. The first-order valence-corrected chi connectivity index (χ1v) is 8.08. The Hall–Kier alpha value is -1.85. The van der Waals surface area contributed by atoms with E-state index >= 15 is 0 Å². The molecular weight excluding hydrogens is 294 g/mol. The number of hydrogen-bond donors (Lipinski definition) is 2. The van der Waals surface area contributed by atoms with Crippen molar-refractivity contribution in [2.24, 2.45) is 16.7 Å². The molecule has 1 aliphatic rings. The second-order valence-corrected chi connectivity index (χ2v) is 8.19. The predicted octanol–water partition coefficient (Wildman–Crippen LogP) is 2.44. The largest absolute Gasteiger partial charge is 0.480 e. The number of aliphatic carboxylic acids is 1. The van der Waals surface area contributed by atoms with E-state index in [1.54, 1.807) is 12.4 Å². The normalized spacial score (nSPS) is 20.2. The molecule has 2 N–H and O–H groups in total. The first-order chi connectivity index (χ1) is 10.6. The highest BCUT2D eigenvalue weighted by Crippen LogP contribution is 2.48. The first kappa shape index (κ1) is 17.5. The van der Waals surface area contributed by atoms with Crippen LogP contribution >= 0.6 is 0 Å². The van der Waals surface area contributed by atoms with E-state index in [2.05, 4.69) is 38.0 Å². The van der Waals surface area contributed by atoms with Crippen LogP contribution < -0.4 is 5.32 Å². The van der Waals surface area contributed by atoms with E-state index in [0.717, 1.165) is 19.3 Å². The molecule has 0 saturated heterocycles. The monoisotopic (exact) mass is 321 g/mol. The molecule has 1 amide bonds. The number of aromatic nitrogens is 2. The lowest BCUT2D eigenvalue weighted by atomic mass is 9.61. The van der Waals surface area contributed by atoms with Crippen molar-refractivity contribution in [1.82, 2.24) is 14.9 Å². The number of carbonyl (C=O) groups is 2. The molecule has 0 unspecified atom stereocenters. The Morgan fingerprint density at radius 2 is 1.91 bits per heavy atom. The number of hydrogen-bond acceptors (Lipinski definition) is 3. The van der Waals surface area contributed by atoms with Crippen molar-refractivity contribution in [3.05, 3.63) is 18.2 Å². The topological polar surface area (TPSA) is 84.2 Å². The molecule has 23 heavy (non-hydrogen) atoms. The zero-order valence-electron chi connectivity index (χ0n) is 14.4. The standard InChI is InChI=1S/C17H27N3O3/c1-16(2)7-12(8-17(3,4)11-16)15(23)19-9-13-18-5-6-20(13)10-14(21)22/h5-6,12H,7-11H2,1-4H3,(H,19,23)(H,21,22). The minimum absolute atomic E-state index is 0.00311. The third kappa shape index (κ3) is 4.81. The Morgan fingerprint density at radius 3 is 2.48 bits per heavy atom. The molecule has 6 heteroatoms. The van der Waals surface area contributed by atoms with Gasteiger partial charge < -0.3 is 15.0 Å². The van der Waals surface area contributed by atoms with Gasteiger partial charge in [-0.2, -0.15) is 0 Å². The molecule has 1 fully saturated rings. The Balaban J connectivity index is 1.97. The Labute approximate surface area is 137 Å². The third-order valence-electron chi connectivity index (χ3n) is 4.45.